The van der Waals surface area contributed by atoms with Gasteiger partial charge in [0, 0.05) is 13.1 Å². The fourth-order valence-electron chi connectivity index (χ4n) is 2.53. The smallest absolute Gasteiger partial charge is 0.409 e. The summed E-state index contributed by atoms with van der Waals surface area (Å²) in [6, 6.07) is 4.67. The Labute approximate surface area is 129 Å². The van der Waals surface area contributed by atoms with Crippen LogP contribution in [0, 0.1) is 18.7 Å². The second kappa shape index (κ2) is 7.24. The van der Waals surface area contributed by atoms with Crippen LogP contribution in [0.2, 0.25) is 0 Å². The monoisotopic (exact) mass is 308 g/mol. The average Bonchev–Trinajstić information content (AvgIpc) is 2.50. The molecule has 5 nitrogen and oxygen atoms in total. The quantitative estimate of drug-likeness (QED) is 0.934. The summed E-state index contributed by atoms with van der Waals surface area (Å²) in [5.41, 5.74) is 0.963. The summed E-state index contributed by atoms with van der Waals surface area (Å²) < 4.78 is 18.7. The molecule has 22 heavy (non-hydrogen) atoms. The molecule has 1 aromatic rings. The van der Waals surface area contributed by atoms with Gasteiger partial charge >= 0.3 is 6.09 Å². The number of hydrogen-bond donors (Lipinski definition) is 1. The summed E-state index contributed by atoms with van der Waals surface area (Å²) in [7, 11) is 0. The van der Waals surface area contributed by atoms with Gasteiger partial charge in [0.25, 0.3) is 0 Å². The number of nitrogens with zero attached hydrogens (tertiary/aromatic N) is 1. The van der Waals surface area contributed by atoms with Crippen molar-refractivity contribution in [1.82, 2.24) is 4.90 Å². The largest absolute Gasteiger partial charge is 0.450 e. The van der Waals surface area contributed by atoms with Crippen LogP contribution in [0.15, 0.2) is 18.2 Å². The number of piperidine rings is 1. The van der Waals surface area contributed by atoms with Crippen LogP contribution in [0.5, 0.6) is 0 Å². The first-order chi connectivity index (χ1) is 10.5. The number of carbonyl (C=O) groups excluding carboxylic acids is 2. The number of rotatable bonds is 3. The molecule has 0 spiro atoms. The molecule has 6 heteroatoms. The van der Waals surface area contributed by atoms with Gasteiger partial charge in [0.1, 0.15) is 5.82 Å². The fourth-order valence-corrected chi connectivity index (χ4v) is 2.53. The Morgan fingerprint density at radius 3 is 2.91 bits per heavy atom. The van der Waals surface area contributed by atoms with E-state index in [1.165, 1.54) is 11.0 Å². The molecule has 1 aliphatic heterocycles. The lowest BCUT2D eigenvalue weighted by atomic mass is 9.97. The zero-order chi connectivity index (χ0) is 16.1. The third-order valence-electron chi connectivity index (χ3n) is 3.70. The van der Waals surface area contributed by atoms with Gasteiger partial charge in [0.05, 0.1) is 18.2 Å². The lowest BCUT2D eigenvalue weighted by molar-refractivity contribution is -0.121. The Morgan fingerprint density at radius 2 is 2.23 bits per heavy atom. The van der Waals surface area contributed by atoms with Crippen LogP contribution in [-0.4, -0.2) is 36.6 Å². The summed E-state index contributed by atoms with van der Waals surface area (Å²) in [5.74, 6) is -1.07. The molecule has 2 amide bonds. The molecular formula is C16H21FN2O3. The van der Waals surface area contributed by atoms with E-state index in [9.17, 15) is 14.0 Å². The van der Waals surface area contributed by atoms with Gasteiger partial charge in [-0.05, 0) is 44.4 Å². The highest BCUT2D eigenvalue weighted by molar-refractivity contribution is 5.93. The van der Waals surface area contributed by atoms with Crippen LogP contribution < -0.4 is 5.32 Å². The number of aryl methyl sites for hydroxylation is 1. The standard InChI is InChI=1S/C16H21FN2O3/c1-3-22-16(21)19-8-4-5-12(10-19)15(20)18-14-7-6-11(2)9-13(14)17/h6-7,9,12H,3-5,8,10H2,1-2H3,(H,18,20)/t12-/m0/s1. The Bertz CT molecular complexity index is 562. The molecule has 1 atom stereocenters. The molecule has 0 aromatic heterocycles. The number of likely N-dealkylation sites (tertiary alicyclic amines) is 1. The van der Waals surface area contributed by atoms with Gasteiger partial charge in [-0.1, -0.05) is 6.07 Å². The van der Waals surface area contributed by atoms with Crippen molar-refractivity contribution in [2.45, 2.75) is 26.7 Å². The lowest BCUT2D eigenvalue weighted by Gasteiger charge is -2.31. The Hall–Kier alpha value is -2.11. The van der Waals surface area contributed by atoms with Crippen LogP contribution in [0.4, 0.5) is 14.9 Å². The first-order valence-electron chi connectivity index (χ1n) is 7.50. The van der Waals surface area contributed by atoms with Crippen LogP contribution in [0.3, 0.4) is 0 Å². The highest BCUT2D eigenvalue weighted by Crippen LogP contribution is 2.21. The second-order valence-corrected chi connectivity index (χ2v) is 5.46. The number of amides is 2. The SMILES string of the molecule is CCOC(=O)N1CCC[C@H](C(=O)Nc2ccc(C)cc2F)C1. The molecule has 1 aromatic carbocycles. The summed E-state index contributed by atoms with van der Waals surface area (Å²) >= 11 is 0. The molecule has 1 heterocycles. The molecule has 1 saturated heterocycles. The first kappa shape index (κ1) is 16.3. The minimum absolute atomic E-state index is 0.170. The molecule has 0 bridgehead atoms. The maximum Gasteiger partial charge on any atom is 0.409 e. The van der Waals surface area contributed by atoms with E-state index in [0.717, 1.165) is 12.0 Å². The molecule has 0 radical (unpaired) electrons. The van der Waals surface area contributed by atoms with E-state index in [-0.39, 0.29) is 17.5 Å². The summed E-state index contributed by atoms with van der Waals surface area (Å²) in [6.45, 7) is 4.72. The van der Waals surface area contributed by atoms with E-state index in [4.69, 9.17) is 4.74 Å². The zero-order valence-corrected chi connectivity index (χ0v) is 12.9. The normalized spacial score (nSPS) is 18.0. The van der Waals surface area contributed by atoms with E-state index >= 15 is 0 Å². The number of hydrogen-bond acceptors (Lipinski definition) is 3. The van der Waals surface area contributed by atoms with Crippen LogP contribution in [0.1, 0.15) is 25.3 Å². The highest BCUT2D eigenvalue weighted by atomic mass is 19.1. The third kappa shape index (κ3) is 3.96. The minimum atomic E-state index is -0.452. The van der Waals surface area contributed by atoms with Gasteiger partial charge in [-0.3, -0.25) is 4.79 Å². The van der Waals surface area contributed by atoms with Gasteiger partial charge in [0.2, 0.25) is 5.91 Å². The number of benzene rings is 1. The van der Waals surface area contributed by atoms with Crippen molar-refractivity contribution < 1.29 is 18.7 Å². The third-order valence-corrected chi connectivity index (χ3v) is 3.70. The average molecular weight is 308 g/mol. The topological polar surface area (TPSA) is 58.6 Å². The molecule has 120 valence electrons. The van der Waals surface area contributed by atoms with Gasteiger partial charge in [-0.25, -0.2) is 9.18 Å². The second-order valence-electron chi connectivity index (χ2n) is 5.46. The maximum atomic E-state index is 13.8. The van der Waals surface area contributed by atoms with Crippen molar-refractivity contribution >= 4 is 17.7 Å². The van der Waals surface area contributed by atoms with Crippen molar-refractivity contribution in [3.63, 3.8) is 0 Å². The maximum absolute atomic E-state index is 13.8. The summed E-state index contributed by atoms with van der Waals surface area (Å²) in [6.07, 6.45) is 1.00. The van der Waals surface area contributed by atoms with E-state index in [1.807, 2.05) is 0 Å². The van der Waals surface area contributed by atoms with Crippen LogP contribution >= 0.6 is 0 Å². The van der Waals surface area contributed by atoms with Crippen LogP contribution in [-0.2, 0) is 9.53 Å². The number of carbonyl (C=O) groups is 2. The van der Waals surface area contributed by atoms with Crippen LogP contribution in [0.25, 0.3) is 0 Å². The van der Waals surface area contributed by atoms with Crippen molar-refractivity contribution in [2.24, 2.45) is 5.92 Å². The molecule has 0 saturated carbocycles. The summed E-state index contributed by atoms with van der Waals surface area (Å²) in [4.78, 5) is 25.5. The molecule has 0 unspecified atom stereocenters. The number of nitrogens with one attached hydrogen (secondary N) is 1. The van der Waals surface area contributed by atoms with Gasteiger partial charge < -0.3 is 15.0 Å². The van der Waals surface area contributed by atoms with E-state index in [0.29, 0.717) is 26.1 Å². The molecular weight excluding hydrogens is 287 g/mol. The van der Waals surface area contributed by atoms with Gasteiger partial charge in [-0.15, -0.1) is 0 Å². The van der Waals surface area contributed by atoms with Crippen molar-refractivity contribution in [1.29, 1.82) is 0 Å². The first-order valence-corrected chi connectivity index (χ1v) is 7.50. The van der Waals surface area contributed by atoms with E-state index < -0.39 is 11.9 Å². The number of ether oxygens (including phenoxy) is 1. The summed E-state index contributed by atoms with van der Waals surface area (Å²) in [5, 5.41) is 2.61. The van der Waals surface area contributed by atoms with Crippen molar-refractivity contribution in [2.75, 3.05) is 25.0 Å². The lowest BCUT2D eigenvalue weighted by Crippen LogP contribution is -2.44. The zero-order valence-electron chi connectivity index (χ0n) is 12.9. The Balaban J connectivity index is 1.98. The highest BCUT2D eigenvalue weighted by Gasteiger charge is 2.29. The molecule has 0 aliphatic carbocycles. The van der Waals surface area contributed by atoms with Gasteiger partial charge in [-0.2, -0.15) is 0 Å². The van der Waals surface area contributed by atoms with Crippen molar-refractivity contribution in [3.05, 3.63) is 29.6 Å². The predicted octanol–water partition coefficient (Wildman–Crippen LogP) is 2.94. The predicted molar refractivity (Wildman–Crippen MR) is 81.1 cm³/mol. The fraction of sp³-hybridized carbons (Fsp3) is 0.500. The molecule has 2 rings (SSSR count). The number of halogens is 1. The van der Waals surface area contributed by atoms with E-state index in [2.05, 4.69) is 5.32 Å². The molecule has 1 fully saturated rings. The Kier molecular flexibility index (Phi) is 5.35. The molecule has 1 N–H and O–H groups in total. The van der Waals surface area contributed by atoms with E-state index in [1.54, 1.807) is 26.0 Å². The van der Waals surface area contributed by atoms with Gasteiger partial charge in [0.15, 0.2) is 0 Å². The molecule has 1 aliphatic rings. The van der Waals surface area contributed by atoms with Crippen molar-refractivity contribution in [3.8, 4) is 0 Å². The number of anilines is 1. The Morgan fingerprint density at radius 1 is 1.45 bits per heavy atom. The minimum Gasteiger partial charge on any atom is -0.450 e.